The van der Waals surface area contributed by atoms with E-state index in [0.717, 1.165) is 83.0 Å². The molecule has 0 unspecified atom stereocenters. The van der Waals surface area contributed by atoms with Crippen LogP contribution in [0.4, 0.5) is 17.1 Å². The van der Waals surface area contributed by atoms with Crippen molar-refractivity contribution in [3.05, 3.63) is 182 Å². The van der Waals surface area contributed by atoms with Crippen LogP contribution in [0, 0.1) is 0 Å². The van der Waals surface area contributed by atoms with Gasteiger partial charge in [-0.05, 0) is 65.7 Å². The topological polar surface area (TPSA) is 34.5 Å². The van der Waals surface area contributed by atoms with Crippen LogP contribution in [0.1, 0.15) is 0 Å². The van der Waals surface area contributed by atoms with Crippen LogP contribution in [0.3, 0.4) is 0 Å². The van der Waals surface area contributed by atoms with Crippen molar-refractivity contribution in [2.24, 2.45) is 0 Å². The van der Waals surface area contributed by atoms with Gasteiger partial charge in [0.05, 0.1) is 28.1 Å². The number of para-hydroxylation sites is 5. The molecule has 4 nitrogen and oxygen atoms in total. The van der Waals surface area contributed by atoms with Gasteiger partial charge in [0, 0.05) is 38.0 Å². The number of fused-ring (bicyclic) bond motifs is 9. The minimum Gasteiger partial charge on any atom is -0.454 e. The van der Waals surface area contributed by atoms with Gasteiger partial charge in [0.15, 0.2) is 11.2 Å². The molecular weight excluding hydrogens is 637 g/mol. The third-order valence-corrected chi connectivity index (χ3v) is 10.4. The molecule has 3 heterocycles. The third-order valence-electron chi connectivity index (χ3n) is 10.4. The maximum absolute atomic E-state index is 6.72. The number of hydrogen-bond acceptors (Lipinski definition) is 3. The van der Waals surface area contributed by atoms with Crippen molar-refractivity contribution in [1.29, 1.82) is 0 Å². The van der Waals surface area contributed by atoms with Crippen molar-refractivity contribution in [3.63, 3.8) is 0 Å². The number of furan rings is 2. The van der Waals surface area contributed by atoms with E-state index in [0.29, 0.717) is 0 Å². The lowest BCUT2D eigenvalue weighted by molar-refractivity contribution is 0.666. The van der Waals surface area contributed by atoms with Gasteiger partial charge in [0.25, 0.3) is 0 Å². The Bertz CT molecular complexity index is 3020. The van der Waals surface area contributed by atoms with Crippen LogP contribution < -0.4 is 4.90 Å². The fourth-order valence-corrected chi connectivity index (χ4v) is 8.10. The van der Waals surface area contributed by atoms with Crippen molar-refractivity contribution in [2.45, 2.75) is 0 Å². The van der Waals surface area contributed by atoms with Crippen LogP contribution in [-0.2, 0) is 0 Å². The first-order chi connectivity index (χ1) is 25.8. The Kier molecular flexibility index (Phi) is 6.22. The molecule has 0 N–H and O–H groups in total. The van der Waals surface area contributed by atoms with Crippen LogP contribution in [-0.4, -0.2) is 4.57 Å². The molecule has 52 heavy (non-hydrogen) atoms. The first kappa shape index (κ1) is 28.8. The van der Waals surface area contributed by atoms with Crippen LogP contribution in [0.15, 0.2) is 191 Å². The molecule has 0 saturated heterocycles. The van der Waals surface area contributed by atoms with Gasteiger partial charge in [-0.3, -0.25) is 0 Å². The smallest absolute Gasteiger partial charge is 0.159 e. The Hall–Kier alpha value is -7.04. The van der Waals surface area contributed by atoms with Crippen molar-refractivity contribution < 1.29 is 8.83 Å². The highest BCUT2D eigenvalue weighted by atomic mass is 16.3. The summed E-state index contributed by atoms with van der Waals surface area (Å²) in [7, 11) is 0. The number of rotatable bonds is 5. The Balaban J connectivity index is 1.22. The SMILES string of the molecule is c1ccc(-c2ccc(-n3c4ccccc4c4c(N(c5cccc6c5oc5ccccc56)c5cccc6c5oc5ccccc56)cccc43)cc2)cc1. The van der Waals surface area contributed by atoms with Crippen LogP contribution in [0.25, 0.3) is 82.5 Å². The lowest BCUT2D eigenvalue weighted by Crippen LogP contribution is -2.11. The Morgan fingerprint density at radius 1 is 0.346 bits per heavy atom. The summed E-state index contributed by atoms with van der Waals surface area (Å²) < 4.78 is 15.8. The Morgan fingerprint density at radius 3 is 1.48 bits per heavy atom. The molecule has 0 amide bonds. The van der Waals surface area contributed by atoms with E-state index in [4.69, 9.17) is 8.83 Å². The molecule has 0 aliphatic carbocycles. The summed E-state index contributed by atoms with van der Waals surface area (Å²) in [6.07, 6.45) is 0. The van der Waals surface area contributed by atoms with E-state index in [1.807, 2.05) is 24.3 Å². The number of nitrogens with zero attached hydrogens (tertiary/aromatic N) is 2. The zero-order valence-corrected chi connectivity index (χ0v) is 28.0. The van der Waals surface area contributed by atoms with Gasteiger partial charge in [-0.2, -0.15) is 0 Å². The molecule has 0 spiro atoms. The van der Waals surface area contributed by atoms with Gasteiger partial charge in [-0.25, -0.2) is 0 Å². The summed E-state index contributed by atoms with van der Waals surface area (Å²) in [6.45, 7) is 0. The minimum absolute atomic E-state index is 0.828. The summed E-state index contributed by atoms with van der Waals surface area (Å²) in [5.41, 5.74) is 12.1. The molecule has 3 aromatic heterocycles. The fourth-order valence-electron chi connectivity index (χ4n) is 8.10. The first-order valence-corrected chi connectivity index (χ1v) is 17.6. The van der Waals surface area contributed by atoms with E-state index in [9.17, 15) is 0 Å². The highest BCUT2D eigenvalue weighted by molar-refractivity contribution is 6.20. The van der Waals surface area contributed by atoms with Gasteiger partial charge in [0.2, 0.25) is 0 Å². The average molecular weight is 667 g/mol. The molecule has 0 bridgehead atoms. The van der Waals surface area contributed by atoms with E-state index in [1.54, 1.807) is 0 Å². The number of aromatic nitrogens is 1. The molecular formula is C48H30N2O2. The second-order valence-corrected chi connectivity index (χ2v) is 13.3. The average Bonchev–Trinajstić information content (AvgIpc) is 3.89. The number of benzene rings is 8. The molecule has 0 fully saturated rings. The second kappa shape index (κ2) is 11.2. The molecule has 11 aromatic rings. The van der Waals surface area contributed by atoms with Gasteiger partial charge >= 0.3 is 0 Å². The monoisotopic (exact) mass is 666 g/mol. The summed E-state index contributed by atoms with van der Waals surface area (Å²) in [5, 5.41) is 6.64. The zero-order valence-electron chi connectivity index (χ0n) is 28.0. The molecule has 8 aromatic carbocycles. The summed E-state index contributed by atoms with van der Waals surface area (Å²) >= 11 is 0. The standard InChI is InChI=1S/C48H30N2O2/c1-2-13-31(14-3-1)32-27-29-33(30-28-32)49-39-20-7-4-17-38(39)46-40(49)21-12-22-41(46)50(42-23-10-18-36-34-15-5-8-25-44(34)51-47(36)42)43-24-11-19-37-35-16-6-9-26-45(35)52-48(37)43/h1-30H. The number of anilines is 3. The van der Waals surface area contributed by atoms with Crippen LogP contribution in [0.2, 0.25) is 0 Å². The Morgan fingerprint density at radius 2 is 0.827 bits per heavy atom. The lowest BCUT2D eigenvalue weighted by atomic mass is 10.1. The van der Waals surface area contributed by atoms with Gasteiger partial charge in [0.1, 0.15) is 11.2 Å². The highest BCUT2D eigenvalue weighted by Gasteiger charge is 2.26. The predicted octanol–water partition coefficient (Wildman–Crippen LogP) is 13.7. The highest BCUT2D eigenvalue weighted by Crippen LogP contribution is 2.49. The summed E-state index contributed by atoms with van der Waals surface area (Å²) in [6, 6.07) is 64.1. The van der Waals surface area contributed by atoms with Gasteiger partial charge in [-0.15, -0.1) is 0 Å². The van der Waals surface area contributed by atoms with Gasteiger partial charge in [-0.1, -0.05) is 127 Å². The quantitative estimate of drug-likeness (QED) is 0.183. The molecule has 0 radical (unpaired) electrons. The summed E-state index contributed by atoms with van der Waals surface area (Å²) in [5.74, 6) is 0. The van der Waals surface area contributed by atoms with E-state index < -0.39 is 0 Å². The molecule has 0 saturated carbocycles. The van der Waals surface area contributed by atoms with Crippen LogP contribution >= 0.6 is 0 Å². The summed E-state index contributed by atoms with van der Waals surface area (Å²) in [4.78, 5) is 2.34. The fraction of sp³-hybridized carbons (Fsp3) is 0. The van der Waals surface area contributed by atoms with Crippen molar-refractivity contribution >= 4 is 82.7 Å². The second-order valence-electron chi connectivity index (χ2n) is 13.3. The first-order valence-electron chi connectivity index (χ1n) is 17.6. The normalized spacial score (nSPS) is 11.8. The molecule has 0 aliphatic rings. The van der Waals surface area contributed by atoms with Gasteiger partial charge < -0.3 is 18.3 Å². The van der Waals surface area contributed by atoms with E-state index in [1.165, 1.54) is 16.5 Å². The van der Waals surface area contributed by atoms with E-state index in [2.05, 4.69) is 167 Å². The Labute approximate surface area is 299 Å². The zero-order chi connectivity index (χ0) is 34.2. The molecule has 244 valence electrons. The van der Waals surface area contributed by atoms with Crippen molar-refractivity contribution in [2.75, 3.05) is 4.90 Å². The number of hydrogen-bond donors (Lipinski definition) is 0. The molecule has 11 rings (SSSR count). The lowest BCUT2D eigenvalue weighted by Gasteiger charge is -2.26. The largest absolute Gasteiger partial charge is 0.454 e. The van der Waals surface area contributed by atoms with Crippen molar-refractivity contribution in [1.82, 2.24) is 4.57 Å². The van der Waals surface area contributed by atoms with Crippen molar-refractivity contribution in [3.8, 4) is 16.8 Å². The predicted molar refractivity (Wildman–Crippen MR) is 215 cm³/mol. The molecule has 0 atom stereocenters. The minimum atomic E-state index is 0.828. The van der Waals surface area contributed by atoms with E-state index in [-0.39, 0.29) is 0 Å². The molecule has 0 aliphatic heterocycles. The molecule has 4 heteroatoms. The van der Waals surface area contributed by atoms with E-state index >= 15 is 0 Å². The maximum atomic E-state index is 6.72. The van der Waals surface area contributed by atoms with Crippen LogP contribution in [0.5, 0.6) is 0 Å². The maximum Gasteiger partial charge on any atom is 0.159 e. The third kappa shape index (κ3) is 4.21.